The number of aliphatic hydroxyl groups excluding tert-OH is 3. The molecule has 0 radical (unpaired) electrons. The third-order valence-electron chi connectivity index (χ3n) is 6.82. The van der Waals surface area contributed by atoms with Crippen molar-refractivity contribution in [2.45, 2.75) is 68.0 Å². The molecule has 5 atom stereocenters. The molecule has 38 heavy (non-hydrogen) atoms. The van der Waals surface area contributed by atoms with Crippen molar-refractivity contribution in [1.29, 1.82) is 0 Å². The van der Waals surface area contributed by atoms with Crippen LogP contribution in [-0.4, -0.2) is 108 Å². The van der Waals surface area contributed by atoms with Crippen molar-refractivity contribution in [2.75, 3.05) is 18.5 Å². The van der Waals surface area contributed by atoms with Crippen molar-refractivity contribution in [3.8, 4) is 0 Å². The Kier molecular flexibility index (Phi) is 7.65. The van der Waals surface area contributed by atoms with Gasteiger partial charge < -0.3 is 39.9 Å². The number of aromatic nitrogens is 8. The molecule has 7 N–H and O–H groups in total. The monoisotopic (exact) mass is 575 g/mol. The Hall–Kier alpha value is -2.34. The van der Waals surface area contributed by atoms with E-state index < -0.39 is 57.1 Å². The Morgan fingerprint density at radius 2 is 2.03 bits per heavy atom. The van der Waals surface area contributed by atoms with Gasteiger partial charge in [0, 0.05) is 6.04 Å². The maximum absolute atomic E-state index is 12.3. The first-order valence-corrected chi connectivity index (χ1v) is 13.8. The highest BCUT2D eigenvalue weighted by Crippen LogP contribution is 2.53. The summed E-state index contributed by atoms with van der Waals surface area (Å²) in [6.45, 7) is -1.71. The van der Waals surface area contributed by atoms with Crippen molar-refractivity contribution >= 4 is 36.0 Å². The number of halogens is 1. The predicted octanol–water partition coefficient (Wildman–Crippen LogP) is -0.908. The second kappa shape index (κ2) is 10.7. The number of tetrazole rings is 1. The lowest BCUT2D eigenvalue weighted by Gasteiger charge is -2.32. The first kappa shape index (κ1) is 27.2. The second-order valence-electron chi connectivity index (χ2n) is 9.30. The van der Waals surface area contributed by atoms with E-state index in [-0.39, 0.29) is 22.8 Å². The summed E-state index contributed by atoms with van der Waals surface area (Å²) >= 11 is 6.16. The van der Waals surface area contributed by atoms with Gasteiger partial charge in [-0.2, -0.15) is 20.3 Å². The molecule has 5 rings (SSSR count). The molecule has 19 heteroatoms. The summed E-state index contributed by atoms with van der Waals surface area (Å²) in [5.74, 6) is 0.372. The Bertz CT molecular complexity index is 1300. The standard InChI is InChI=1S/C19H27ClN9O8P/c20-18-23-15(22-9-3-1-2-4-9)10-6-21-29(16(10)24-18)17-14(32)13(31)11(37-17)7-36-19(8-30,38(33,34)35)5-12-25-27-28-26-12/h6,9,11,13-14,17,30-32H,1-5,7-8H2,(H,22,23,24)(H2,33,34,35)(H,25,26,27,28)/t11-,13-,14-,17-,19+/m0/s1. The van der Waals surface area contributed by atoms with Crippen molar-refractivity contribution < 1.29 is 39.1 Å². The topological polar surface area (TPSA) is 247 Å². The molecular weight excluding hydrogens is 549 g/mol. The van der Waals surface area contributed by atoms with Gasteiger partial charge in [0.05, 0.1) is 31.2 Å². The molecule has 208 valence electrons. The molecule has 0 spiro atoms. The van der Waals surface area contributed by atoms with Crippen LogP contribution in [0.2, 0.25) is 5.28 Å². The summed E-state index contributed by atoms with van der Waals surface area (Å²) in [6, 6.07) is 0.234. The summed E-state index contributed by atoms with van der Waals surface area (Å²) in [6.07, 6.45) is -0.442. The van der Waals surface area contributed by atoms with Crippen LogP contribution in [0.5, 0.6) is 0 Å². The Labute approximate surface area is 219 Å². The minimum Gasteiger partial charge on any atom is -0.393 e. The average molecular weight is 576 g/mol. The van der Waals surface area contributed by atoms with Gasteiger partial charge in [-0.3, -0.25) is 4.57 Å². The first-order valence-electron chi connectivity index (χ1n) is 11.8. The summed E-state index contributed by atoms with van der Waals surface area (Å²) in [5.41, 5.74) is 0.250. The average Bonchev–Trinajstić information content (AvgIpc) is 3.67. The third kappa shape index (κ3) is 5.13. The lowest BCUT2D eigenvalue weighted by molar-refractivity contribution is -0.109. The minimum absolute atomic E-state index is 0.0523. The SMILES string of the molecule is O=P(O)(O)[C@@](CO)(Cc1nn[nH]n1)OC[C@@H]1O[C@H](n2ncc3c(NC4CCCC4)nc(Cl)nc32)[C@@H](O)[C@H]1O. The van der Waals surface area contributed by atoms with Crippen molar-refractivity contribution in [1.82, 2.24) is 40.4 Å². The molecule has 4 heterocycles. The van der Waals surface area contributed by atoms with Crippen LogP contribution in [0.1, 0.15) is 37.7 Å². The van der Waals surface area contributed by atoms with Crippen LogP contribution in [0.15, 0.2) is 6.20 Å². The number of hydrogen-bond acceptors (Lipinski definition) is 13. The number of rotatable bonds is 10. The van der Waals surface area contributed by atoms with Crippen LogP contribution in [-0.2, 0) is 20.5 Å². The van der Waals surface area contributed by atoms with Crippen LogP contribution >= 0.6 is 19.2 Å². The van der Waals surface area contributed by atoms with Crippen LogP contribution in [0, 0.1) is 0 Å². The highest BCUT2D eigenvalue weighted by molar-refractivity contribution is 7.53. The highest BCUT2D eigenvalue weighted by Gasteiger charge is 2.52. The van der Waals surface area contributed by atoms with E-state index in [0.717, 1.165) is 25.7 Å². The molecule has 1 saturated heterocycles. The minimum atomic E-state index is -5.11. The molecule has 0 amide bonds. The Morgan fingerprint density at radius 1 is 1.26 bits per heavy atom. The number of aromatic amines is 1. The normalized spacial score (nSPS) is 26.3. The number of nitrogens with zero attached hydrogens (tertiary/aromatic N) is 7. The lowest BCUT2D eigenvalue weighted by Crippen LogP contribution is -2.43. The van der Waals surface area contributed by atoms with E-state index in [2.05, 4.69) is 41.0 Å². The van der Waals surface area contributed by atoms with Gasteiger partial charge in [0.1, 0.15) is 24.1 Å². The zero-order valence-corrected chi connectivity index (χ0v) is 21.5. The van der Waals surface area contributed by atoms with Gasteiger partial charge >= 0.3 is 7.60 Å². The first-order chi connectivity index (χ1) is 18.1. The van der Waals surface area contributed by atoms with E-state index in [9.17, 15) is 29.7 Å². The largest absolute Gasteiger partial charge is 0.393 e. The molecule has 1 aliphatic carbocycles. The zero-order chi connectivity index (χ0) is 27.1. The van der Waals surface area contributed by atoms with Gasteiger partial charge in [-0.15, -0.1) is 10.2 Å². The predicted molar refractivity (Wildman–Crippen MR) is 128 cm³/mol. The second-order valence-corrected chi connectivity index (χ2v) is 11.5. The molecule has 2 aliphatic rings. The van der Waals surface area contributed by atoms with Crippen molar-refractivity contribution in [2.24, 2.45) is 0 Å². The number of fused-ring (bicyclic) bond motifs is 1. The highest BCUT2D eigenvalue weighted by atomic mass is 35.5. The van der Waals surface area contributed by atoms with E-state index in [1.54, 1.807) is 0 Å². The molecule has 3 aromatic rings. The summed E-state index contributed by atoms with van der Waals surface area (Å²) in [4.78, 5) is 28.4. The maximum Gasteiger partial charge on any atom is 0.359 e. The van der Waals surface area contributed by atoms with Crippen LogP contribution in [0.25, 0.3) is 11.0 Å². The molecule has 0 unspecified atom stereocenters. The number of hydrogen-bond donors (Lipinski definition) is 7. The van der Waals surface area contributed by atoms with Gasteiger partial charge in [-0.1, -0.05) is 18.1 Å². The summed E-state index contributed by atoms with van der Waals surface area (Å²) in [5, 5.41) is 49.7. The smallest absolute Gasteiger partial charge is 0.359 e. The van der Waals surface area contributed by atoms with Gasteiger partial charge in [-0.25, -0.2) is 4.68 Å². The number of H-pyrrole nitrogens is 1. The zero-order valence-electron chi connectivity index (χ0n) is 19.8. The molecule has 0 bridgehead atoms. The van der Waals surface area contributed by atoms with E-state index >= 15 is 0 Å². The van der Waals surface area contributed by atoms with Gasteiger partial charge in [-0.05, 0) is 24.4 Å². The van der Waals surface area contributed by atoms with Crippen molar-refractivity contribution in [3.05, 3.63) is 17.3 Å². The fourth-order valence-corrected chi connectivity index (χ4v) is 5.64. The Balaban J connectivity index is 1.36. The number of nitrogens with one attached hydrogen (secondary N) is 2. The van der Waals surface area contributed by atoms with E-state index in [1.165, 1.54) is 10.9 Å². The number of anilines is 1. The third-order valence-corrected chi connectivity index (χ3v) is 8.48. The fourth-order valence-electron chi connectivity index (χ4n) is 4.70. The maximum atomic E-state index is 12.3. The van der Waals surface area contributed by atoms with Gasteiger partial charge in [0.25, 0.3) is 0 Å². The molecular formula is C19H27ClN9O8P. The van der Waals surface area contributed by atoms with Gasteiger partial charge in [0.2, 0.25) is 5.28 Å². The molecule has 3 aromatic heterocycles. The molecule has 2 fully saturated rings. The fraction of sp³-hybridized carbons (Fsp3) is 0.684. The molecule has 0 aromatic carbocycles. The number of ether oxygens (including phenoxy) is 2. The van der Waals surface area contributed by atoms with Crippen LogP contribution < -0.4 is 5.32 Å². The molecule has 17 nitrogen and oxygen atoms in total. The van der Waals surface area contributed by atoms with Gasteiger partial charge in [0.15, 0.2) is 23.0 Å². The molecule has 1 aliphatic heterocycles. The van der Waals surface area contributed by atoms with E-state index in [0.29, 0.717) is 11.2 Å². The van der Waals surface area contributed by atoms with E-state index in [4.69, 9.17) is 21.1 Å². The molecule has 1 saturated carbocycles. The lowest BCUT2D eigenvalue weighted by atomic mass is 10.1. The summed E-state index contributed by atoms with van der Waals surface area (Å²) < 4.78 is 24.8. The van der Waals surface area contributed by atoms with Crippen molar-refractivity contribution in [3.63, 3.8) is 0 Å². The summed E-state index contributed by atoms with van der Waals surface area (Å²) in [7, 11) is -5.11. The Morgan fingerprint density at radius 3 is 2.68 bits per heavy atom. The van der Waals surface area contributed by atoms with Crippen LogP contribution in [0.3, 0.4) is 0 Å². The number of aliphatic hydroxyl groups is 3. The van der Waals surface area contributed by atoms with E-state index in [1.807, 2.05) is 0 Å². The van der Waals surface area contributed by atoms with Crippen LogP contribution in [0.4, 0.5) is 5.82 Å². The quantitative estimate of drug-likeness (QED) is 0.114.